The lowest BCUT2D eigenvalue weighted by Gasteiger charge is -2.25. The highest BCUT2D eigenvalue weighted by atomic mass is 16.1. The Morgan fingerprint density at radius 1 is 1.31 bits per heavy atom. The van der Waals surface area contributed by atoms with Crippen LogP contribution in [0, 0.1) is 5.92 Å². The zero-order chi connectivity index (χ0) is 9.10. The highest BCUT2D eigenvalue weighted by molar-refractivity contribution is 5.90. The van der Waals surface area contributed by atoms with E-state index in [1.54, 1.807) is 11.6 Å². The van der Waals surface area contributed by atoms with Gasteiger partial charge in [-0.15, -0.1) is 0 Å². The second-order valence-corrected chi connectivity index (χ2v) is 4.03. The van der Waals surface area contributed by atoms with Gasteiger partial charge in [0.1, 0.15) is 0 Å². The minimum absolute atomic E-state index is 0.261. The van der Waals surface area contributed by atoms with Gasteiger partial charge in [-0.1, -0.05) is 24.1 Å². The van der Waals surface area contributed by atoms with E-state index in [9.17, 15) is 4.79 Å². The monoisotopic (exact) mass is 176 g/mol. The van der Waals surface area contributed by atoms with Crippen LogP contribution in [0.4, 0.5) is 0 Å². The van der Waals surface area contributed by atoms with E-state index in [2.05, 4.69) is 12.2 Å². The summed E-state index contributed by atoms with van der Waals surface area (Å²) in [5.74, 6) is 1.01. The Morgan fingerprint density at radius 2 is 2.23 bits per heavy atom. The Kier molecular flexibility index (Phi) is 2.62. The van der Waals surface area contributed by atoms with E-state index in [1.165, 1.54) is 25.7 Å². The summed E-state index contributed by atoms with van der Waals surface area (Å²) in [6, 6.07) is 0. The number of carbonyl (C=O) groups excluding carboxylic acids is 1. The SMILES string of the molecule is O=C1/C=C\CC2CCCC/C2=C/C1. The number of fused-ring (bicyclic) bond motifs is 1. The van der Waals surface area contributed by atoms with Gasteiger partial charge in [-0.25, -0.2) is 0 Å². The molecule has 0 bridgehead atoms. The molecule has 0 aromatic rings. The van der Waals surface area contributed by atoms with Crippen LogP contribution in [0.15, 0.2) is 23.8 Å². The number of carbonyl (C=O) groups is 1. The lowest BCUT2D eigenvalue weighted by Crippen LogP contribution is -2.11. The van der Waals surface area contributed by atoms with E-state index in [0.29, 0.717) is 6.42 Å². The molecule has 1 heteroatoms. The van der Waals surface area contributed by atoms with E-state index >= 15 is 0 Å². The summed E-state index contributed by atoms with van der Waals surface area (Å²) >= 11 is 0. The van der Waals surface area contributed by atoms with Gasteiger partial charge in [-0.05, 0) is 37.7 Å². The van der Waals surface area contributed by atoms with Gasteiger partial charge < -0.3 is 0 Å². The highest BCUT2D eigenvalue weighted by Gasteiger charge is 2.18. The van der Waals surface area contributed by atoms with Gasteiger partial charge in [0, 0.05) is 6.42 Å². The van der Waals surface area contributed by atoms with Gasteiger partial charge in [0.05, 0.1) is 0 Å². The van der Waals surface area contributed by atoms with Gasteiger partial charge in [-0.3, -0.25) is 4.79 Å². The van der Waals surface area contributed by atoms with Crippen LogP contribution in [-0.2, 0) is 4.79 Å². The van der Waals surface area contributed by atoms with E-state index < -0.39 is 0 Å². The lowest BCUT2D eigenvalue weighted by molar-refractivity contribution is -0.113. The average Bonchev–Trinajstić information content (AvgIpc) is 2.13. The Hall–Kier alpha value is -0.850. The van der Waals surface area contributed by atoms with Crippen molar-refractivity contribution in [3.05, 3.63) is 23.8 Å². The zero-order valence-electron chi connectivity index (χ0n) is 7.96. The largest absolute Gasteiger partial charge is 0.295 e. The molecule has 1 saturated carbocycles. The van der Waals surface area contributed by atoms with Crippen molar-refractivity contribution in [2.75, 3.05) is 0 Å². The smallest absolute Gasteiger partial charge is 0.159 e. The number of hydrogen-bond donors (Lipinski definition) is 0. The third-order valence-corrected chi connectivity index (χ3v) is 3.08. The predicted molar refractivity (Wildman–Crippen MR) is 53.4 cm³/mol. The third kappa shape index (κ3) is 2.09. The molecule has 2 aliphatic rings. The van der Waals surface area contributed by atoms with Crippen LogP contribution in [0.2, 0.25) is 0 Å². The van der Waals surface area contributed by atoms with Gasteiger partial charge in [0.25, 0.3) is 0 Å². The first-order valence-electron chi connectivity index (χ1n) is 5.24. The number of ketones is 1. The van der Waals surface area contributed by atoms with Gasteiger partial charge >= 0.3 is 0 Å². The summed E-state index contributed by atoms with van der Waals surface area (Å²) in [4.78, 5) is 11.2. The Bertz CT molecular complexity index is 260. The molecular formula is C12H16O. The first-order valence-corrected chi connectivity index (χ1v) is 5.24. The van der Waals surface area contributed by atoms with Crippen LogP contribution >= 0.6 is 0 Å². The van der Waals surface area contributed by atoms with Gasteiger partial charge in [0.2, 0.25) is 0 Å². The molecular weight excluding hydrogens is 160 g/mol. The van der Waals surface area contributed by atoms with Crippen molar-refractivity contribution in [3.8, 4) is 0 Å². The molecule has 1 fully saturated rings. The van der Waals surface area contributed by atoms with Crippen molar-refractivity contribution in [2.45, 2.75) is 38.5 Å². The second-order valence-electron chi connectivity index (χ2n) is 4.03. The minimum Gasteiger partial charge on any atom is -0.295 e. The van der Waals surface area contributed by atoms with Crippen molar-refractivity contribution in [1.29, 1.82) is 0 Å². The minimum atomic E-state index is 0.261. The van der Waals surface area contributed by atoms with Crippen LogP contribution in [0.1, 0.15) is 38.5 Å². The van der Waals surface area contributed by atoms with E-state index in [-0.39, 0.29) is 5.78 Å². The highest BCUT2D eigenvalue weighted by Crippen LogP contribution is 2.33. The number of rotatable bonds is 0. The summed E-state index contributed by atoms with van der Waals surface area (Å²) in [5.41, 5.74) is 1.55. The first-order chi connectivity index (χ1) is 6.36. The Labute approximate surface area is 79.5 Å². The summed E-state index contributed by atoms with van der Waals surface area (Å²) in [6.45, 7) is 0. The molecule has 2 rings (SSSR count). The normalized spacial score (nSPS) is 35.2. The fourth-order valence-corrected chi connectivity index (χ4v) is 2.31. The molecule has 0 aromatic carbocycles. The van der Waals surface area contributed by atoms with Crippen molar-refractivity contribution in [2.24, 2.45) is 5.92 Å². The summed E-state index contributed by atoms with van der Waals surface area (Å²) in [6.07, 6.45) is 12.9. The Balaban J connectivity index is 2.12. The molecule has 0 aromatic heterocycles. The molecule has 0 aliphatic heterocycles. The van der Waals surface area contributed by atoms with E-state index in [4.69, 9.17) is 0 Å². The topological polar surface area (TPSA) is 17.1 Å². The fourth-order valence-electron chi connectivity index (χ4n) is 2.31. The van der Waals surface area contributed by atoms with E-state index in [0.717, 1.165) is 12.3 Å². The number of allylic oxidation sites excluding steroid dienone is 4. The van der Waals surface area contributed by atoms with Crippen molar-refractivity contribution in [1.82, 2.24) is 0 Å². The van der Waals surface area contributed by atoms with Crippen LogP contribution in [0.3, 0.4) is 0 Å². The number of hydrogen-bond acceptors (Lipinski definition) is 1. The molecule has 0 spiro atoms. The Morgan fingerprint density at radius 3 is 3.15 bits per heavy atom. The van der Waals surface area contributed by atoms with Crippen molar-refractivity contribution >= 4 is 5.78 Å². The lowest BCUT2D eigenvalue weighted by atomic mass is 9.81. The molecule has 0 radical (unpaired) electrons. The zero-order valence-corrected chi connectivity index (χ0v) is 7.96. The standard InChI is InChI=1S/C12H16O/c13-12-7-3-6-10-4-1-2-5-11(10)8-9-12/h3,7-8,10H,1-2,4-6,9H2/b7-3-,11-8-. The average molecular weight is 176 g/mol. The van der Waals surface area contributed by atoms with Crippen LogP contribution < -0.4 is 0 Å². The van der Waals surface area contributed by atoms with Gasteiger partial charge in [-0.2, -0.15) is 0 Å². The molecule has 0 amide bonds. The maximum absolute atomic E-state index is 11.2. The molecule has 0 N–H and O–H groups in total. The van der Waals surface area contributed by atoms with Crippen molar-refractivity contribution in [3.63, 3.8) is 0 Å². The molecule has 2 aliphatic carbocycles. The van der Waals surface area contributed by atoms with Crippen LogP contribution in [0.25, 0.3) is 0 Å². The molecule has 1 nitrogen and oxygen atoms in total. The molecule has 70 valence electrons. The summed E-state index contributed by atoms with van der Waals surface area (Å²) < 4.78 is 0. The molecule has 1 unspecified atom stereocenters. The van der Waals surface area contributed by atoms with Gasteiger partial charge in [0.15, 0.2) is 5.78 Å². The second kappa shape index (κ2) is 3.91. The summed E-state index contributed by atoms with van der Waals surface area (Å²) in [5, 5.41) is 0. The maximum Gasteiger partial charge on any atom is 0.159 e. The first kappa shape index (κ1) is 8.74. The van der Waals surface area contributed by atoms with Crippen LogP contribution in [0.5, 0.6) is 0 Å². The van der Waals surface area contributed by atoms with E-state index in [1.807, 2.05) is 0 Å². The maximum atomic E-state index is 11.2. The fraction of sp³-hybridized carbons (Fsp3) is 0.583. The van der Waals surface area contributed by atoms with Crippen molar-refractivity contribution < 1.29 is 4.79 Å². The van der Waals surface area contributed by atoms with Crippen LogP contribution in [-0.4, -0.2) is 5.78 Å². The summed E-state index contributed by atoms with van der Waals surface area (Å²) in [7, 11) is 0. The molecule has 13 heavy (non-hydrogen) atoms. The molecule has 1 atom stereocenters. The third-order valence-electron chi connectivity index (χ3n) is 3.08. The quantitative estimate of drug-likeness (QED) is 0.518. The predicted octanol–water partition coefficient (Wildman–Crippen LogP) is 3.02. The molecule has 0 saturated heterocycles. The molecule has 0 heterocycles.